The lowest BCUT2D eigenvalue weighted by Gasteiger charge is -2.30. The van der Waals surface area contributed by atoms with Crippen LogP contribution in [-0.2, 0) is 20.6 Å². The van der Waals surface area contributed by atoms with Gasteiger partial charge in [-0.3, -0.25) is 4.79 Å². The van der Waals surface area contributed by atoms with Gasteiger partial charge in [-0.15, -0.1) is 0 Å². The van der Waals surface area contributed by atoms with E-state index in [1.54, 1.807) is 0 Å². The van der Waals surface area contributed by atoms with E-state index in [9.17, 15) is 13.2 Å². The van der Waals surface area contributed by atoms with Crippen LogP contribution in [0.1, 0.15) is 24.8 Å². The minimum Gasteiger partial charge on any atom is -0.356 e. The molecule has 1 amide bonds. The molecule has 140 valence electrons. The Morgan fingerprint density at radius 1 is 1.20 bits per heavy atom. The average molecular weight is 368 g/mol. The van der Waals surface area contributed by atoms with Crippen molar-refractivity contribution in [3.05, 3.63) is 35.9 Å². The lowest BCUT2D eigenvalue weighted by Crippen LogP contribution is -2.43. The maximum absolute atomic E-state index is 12.5. The molecule has 0 aromatic heterocycles. The molecule has 0 radical (unpaired) electrons. The molecular weight excluding hydrogens is 338 g/mol. The molecule has 1 fully saturated rings. The number of carbonyl (C=O) groups is 1. The number of piperidine rings is 1. The highest BCUT2D eigenvalue weighted by Crippen LogP contribution is 2.21. The molecule has 0 atom stereocenters. The van der Waals surface area contributed by atoms with Crippen LogP contribution in [0.4, 0.5) is 0 Å². The lowest BCUT2D eigenvalue weighted by molar-refractivity contribution is -0.126. The zero-order valence-electron chi connectivity index (χ0n) is 15.1. The van der Waals surface area contributed by atoms with E-state index in [4.69, 9.17) is 0 Å². The van der Waals surface area contributed by atoms with E-state index >= 15 is 0 Å². The Morgan fingerprint density at radius 2 is 1.84 bits per heavy atom. The molecule has 1 aliphatic rings. The fraction of sp³-hybridized carbons (Fsp3) is 0.611. The molecule has 0 aliphatic carbocycles. The van der Waals surface area contributed by atoms with Crippen LogP contribution >= 0.6 is 0 Å². The number of carbonyl (C=O) groups excluding carboxylic acids is 1. The standard InChI is InChI=1S/C18H29N3O3S/c1-20(2)12-6-11-19-18(22)17-9-13-21(14-10-17)25(23,24)15-16-7-4-3-5-8-16/h3-5,7-8,17H,6,9-15H2,1-2H3,(H,19,22). The maximum atomic E-state index is 12.5. The summed E-state index contributed by atoms with van der Waals surface area (Å²) in [6, 6.07) is 9.21. The van der Waals surface area contributed by atoms with Crippen LogP contribution in [-0.4, -0.2) is 63.8 Å². The summed E-state index contributed by atoms with van der Waals surface area (Å²) >= 11 is 0. The number of sulfonamides is 1. The molecule has 1 saturated heterocycles. The topological polar surface area (TPSA) is 69.7 Å². The summed E-state index contributed by atoms with van der Waals surface area (Å²) < 4.78 is 26.6. The fourth-order valence-corrected chi connectivity index (χ4v) is 4.59. The number of rotatable bonds is 8. The summed E-state index contributed by atoms with van der Waals surface area (Å²) in [5.74, 6) is -0.00343. The molecule has 1 aromatic rings. The van der Waals surface area contributed by atoms with Crippen LogP contribution in [0.5, 0.6) is 0 Å². The highest BCUT2D eigenvalue weighted by molar-refractivity contribution is 7.88. The Balaban J connectivity index is 1.77. The SMILES string of the molecule is CN(C)CCCNC(=O)C1CCN(S(=O)(=O)Cc2ccccc2)CC1. The van der Waals surface area contributed by atoms with Crippen molar-refractivity contribution in [2.75, 3.05) is 40.3 Å². The highest BCUT2D eigenvalue weighted by atomic mass is 32.2. The molecule has 0 bridgehead atoms. The minimum atomic E-state index is -3.32. The molecule has 25 heavy (non-hydrogen) atoms. The number of benzene rings is 1. The summed E-state index contributed by atoms with van der Waals surface area (Å²) in [7, 11) is 0.695. The van der Waals surface area contributed by atoms with Gasteiger partial charge in [-0.05, 0) is 45.5 Å². The summed E-state index contributed by atoms with van der Waals surface area (Å²) in [5, 5.41) is 2.97. The number of nitrogens with zero attached hydrogens (tertiary/aromatic N) is 2. The number of amides is 1. The Morgan fingerprint density at radius 3 is 2.44 bits per heavy atom. The van der Waals surface area contributed by atoms with Gasteiger partial charge in [-0.25, -0.2) is 12.7 Å². The largest absolute Gasteiger partial charge is 0.356 e. The van der Waals surface area contributed by atoms with Gasteiger partial charge in [0.25, 0.3) is 0 Å². The van der Waals surface area contributed by atoms with Gasteiger partial charge in [-0.1, -0.05) is 30.3 Å². The van der Waals surface area contributed by atoms with Gasteiger partial charge < -0.3 is 10.2 Å². The summed E-state index contributed by atoms with van der Waals surface area (Å²) in [4.78, 5) is 14.3. The van der Waals surface area contributed by atoms with Crippen molar-refractivity contribution < 1.29 is 13.2 Å². The van der Waals surface area contributed by atoms with Gasteiger partial charge in [0.1, 0.15) is 0 Å². The summed E-state index contributed by atoms with van der Waals surface area (Å²) in [6.07, 6.45) is 2.10. The van der Waals surface area contributed by atoms with Crippen molar-refractivity contribution in [3.63, 3.8) is 0 Å². The van der Waals surface area contributed by atoms with Crippen LogP contribution in [0.15, 0.2) is 30.3 Å². The van der Waals surface area contributed by atoms with Crippen molar-refractivity contribution in [1.82, 2.24) is 14.5 Å². The summed E-state index contributed by atoms with van der Waals surface area (Å²) in [6.45, 7) is 2.45. The van der Waals surface area contributed by atoms with Gasteiger partial charge in [-0.2, -0.15) is 0 Å². The van der Waals surface area contributed by atoms with Gasteiger partial charge in [0.15, 0.2) is 0 Å². The smallest absolute Gasteiger partial charge is 0.223 e. The first kappa shape index (κ1) is 19.9. The normalized spacial score (nSPS) is 16.9. The molecule has 2 rings (SSSR count). The number of nitrogens with one attached hydrogen (secondary N) is 1. The van der Waals surface area contributed by atoms with Crippen molar-refractivity contribution in [2.45, 2.75) is 25.0 Å². The number of hydrogen-bond acceptors (Lipinski definition) is 4. The van der Waals surface area contributed by atoms with Gasteiger partial charge in [0, 0.05) is 25.6 Å². The third-order valence-corrected chi connectivity index (χ3v) is 6.34. The van der Waals surface area contributed by atoms with Crippen molar-refractivity contribution in [1.29, 1.82) is 0 Å². The first-order valence-corrected chi connectivity index (χ1v) is 10.4. The van der Waals surface area contributed by atoms with E-state index in [0.717, 1.165) is 18.5 Å². The third-order valence-electron chi connectivity index (χ3n) is 4.49. The molecular formula is C18H29N3O3S. The zero-order valence-corrected chi connectivity index (χ0v) is 16.0. The molecule has 6 nitrogen and oxygen atoms in total. The van der Waals surface area contributed by atoms with E-state index in [-0.39, 0.29) is 17.6 Å². The van der Waals surface area contributed by atoms with E-state index < -0.39 is 10.0 Å². The molecule has 0 saturated carbocycles. The Labute approximate surface area is 151 Å². The second kappa shape index (κ2) is 9.31. The number of hydrogen-bond donors (Lipinski definition) is 1. The van der Waals surface area contributed by atoms with Crippen LogP contribution in [0.2, 0.25) is 0 Å². The van der Waals surface area contributed by atoms with Crippen molar-refractivity contribution in [2.24, 2.45) is 5.92 Å². The second-order valence-corrected chi connectivity index (χ2v) is 8.83. The molecule has 0 spiro atoms. The molecule has 0 unspecified atom stereocenters. The fourth-order valence-electron chi connectivity index (χ4n) is 3.02. The van der Waals surface area contributed by atoms with Crippen LogP contribution < -0.4 is 5.32 Å². The quantitative estimate of drug-likeness (QED) is 0.703. The van der Waals surface area contributed by atoms with Crippen LogP contribution in [0.25, 0.3) is 0 Å². The van der Waals surface area contributed by atoms with E-state index in [1.807, 2.05) is 44.4 Å². The Hall–Kier alpha value is -1.44. The van der Waals surface area contributed by atoms with Crippen molar-refractivity contribution >= 4 is 15.9 Å². The van der Waals surface area contributed by atoms with Crippen molar-refractivity contribution in [3.8, 4) is 0 Å². The van der Waals surface area contributed by atoms with Crippen LogP contribution in [0.3, 0.4) is 0 Å². The van der Waals surface area contributed by atoms with E-state index in [1.165, 1.54) is 4.31 Å². The molecule has 1 N–H and O–H groups in total. The zero-order chi connectivity index (χ0) is 18.3. The van der Waals surface area contributed by atoms with Gasteiger partial charge in [0.05, 0.1) is 5.75 Å². The van der Waals surface area contributed by atoms with E-state index in [2.05, 4.69) is 10.2 Å². The third kappa shape index (κ3) is 6.41. The highest BCUT2D eigenvalue weighted by Gasteiger charge is 2.30. The van der Waals surface area contributed by atoms with Gasteiger partial charge >= 0.3 is 0 Å². The first-order chi connectivity index (χ1) is 11.9. The van der Waals surface area contributed by atoms with Crippen LogP contribution in [0, 0.1) is 5.92 Å². The molecule has 1 aliphatic heterocycles. The first-order valence-electron chi connectivity index (χ1n) is 8.82. The maximum Gasteiger partial charge on any atom is 0.223 e. The predicted octanol–water partition coefficient (Wildman–Crippen LogP) is 1.30. The Bertz CT molecular complexity index is 639. The molecule has 1 heterocycles. The lowest BCUT2D eigenvalue weighted by atomic mass is 9.97. The van der Waals surface area contributed by atoms with E-state index in [0.29, 0.717) is 32.5 Å². The van der Waals surface area contributed by atoms with Gasteiger partial charge in [0.2, 0.25) is 15.9 Å². The Kier molecular flexibility index (Phi) is 7.40. The average Bonchev–Trinajstić information content (AvgIpc) is 2.59. The predicted molar refractivity (Wildman–Crippen MR) is 99.5 cm³/mol. The minimum absolute atomic E-state index is 0.0231. The summed E-state index contributed by atoms with van der Waals surface area (Å²) in [5.41, 5.74) is 0.795. The molecule has 7 heteroatoms. The monoisotopic (exact) mass is 367 g/mol. The second-order valence-electron chi connectivity index (χ2n) is 6.86. The molecule has 1 aromatic carbocycles.